The zero-order chi connectivity index (χ0) is 14.8. The number of amides is 1. The van der Waals surface area contributed by atoms with E-state index in [1.807, 2.05) is 0 Å². The van der Waals surface area contributed by atoms with E-state index in [0.717, 1.165) is 0 Å². The normalized spacial score (nSPS) is 17.3. The fraction of sp³-hybridized carbons (Fsp3) is 0.455. The van der Waals surface area contributed by atoms with Crippen molar-refractivity contribution in [2.75, 3.05) is 24.1 Å². The molecule has 0 aliphatic carbocycles. The van der Waals surface area contributed by atoms with Crippen molar-refractivity contribution in [3.8, 4) is 6.07 Å². The lowest BCUT2D eigenvalue weighted by molar-refractivity contribution is 0.128. The summed E-state index contributed by atoms with van der Waals surface area (Å²) in [5.74, 6) is 0.287. The monoisotopic (exact) mass is 296 g/mol. The number of carbonyl (C=O) groups is 1. The number of likely N-dealkylation sites (tertiary alicyclic amines) is 1. The summed E-state index contributed by atoms with van der Waals surface area (Å²) in [7, 11) is 0. The second kappa shape index (κ2) is 5.38. The van der Waals surface area contributed by atoms with Gasteiger partial charge in [0.25, 0.3) is 0 Å². The van der Waals surface area contributed by atoms with Crippen LogP contribution < -0.4 is 11.1 Å². The quantitative estimate of drug-likeness (QED) is 0.698. The smallest absolute Gasteiger partial charge is 0.407 e. The first-order valence-corrected chi connectivity index (χ1v) is 6.29. The molecule has 0 atom stereocenters. The highest BCUT2D eigenvalue weighted by Gasteiger charge is 2.37. The minimum absolute atomic E-state index is 0.0257. The molecule has 0 bridgehead atoms. The van der Waals surface area contributed by atoms with Crippen LogP contribution in [0, 0.1) is 11.3 Å². The van der Waals surface area contributed by atoms with E-state index in [0.29, 0.717) is 12.8 Å². The molecule has 20 heavy (non-hydrogen) atoms. The number of nitrogens with two attached hydrogens (primary N) is 1. The minimum Gasteiger partial charge on any atom is -0.465 e. The molecule has 106 valence electrons. The molecule has 4 N–H and O–H groups in total. The molecule has 1 aliphatic heterocycles. The summed E-state index contributed by atoms with van der Waals surface area (Å²) >= 11 is 5.70. The molecule has 8 nitrogen and oxygen atoms in total. The predicted molar refractivity (Wildman–Crippen MR) is 72.3 cm³/mol. The van der Waals surface area contributed by atoms with Crippen LogP contribution in [-0.2, 0) is 0 Å². The molecule has 9 heteroatoms. The molecule has 1 aromatic heterocycles. The van der Waals surface area contributed by atoms with Crippen molar-refractivity contribution in [2.24, 2.45) is 0 Å². The molecule has 0 unspecified atom stereocenters. The molecule has 1 aliphatic rings. The van der Waals surface area contributed by atoms with Crippen LogP contribution in [0.25, 0.3) is 0 Å². The van der Waals surface area contributed by atoms with Crippen LogP contribution >= 0.6 is 11.6 Å². The van der Waals surface area contributed by atoms with Gasteiger partial charge < -0.3 is 21.1 Å². The number of aromatic nitrogens is 2. The van der Waals surface area contributed by atoms with Crippen molar-refractivity contribution >= 4 is 29.2 Å². The third-order valence-corrected chi connectivity index (χ3v) is 3.43. The van der Waals surface area contributed by atoms with Gasteiger partial charge in [0.2, 0.25) is 5.28 Å². The lowest BCUT2D eigenvalue weighted by atomic mass is 9.89. The fourth-order valence-corrected chi connectivity index (χ4v) is 2.17. The van der Waals surface area contributed by atoms with E-state index < -0.39 is 11.6 Å². The Bertz CT molecular complexity index is 565. The van der Waals surface area contributed by atoms with Crippen LogP contribution in [0.1, 0.15) is 12.8 Å². The number of nitrogens with one attached hydrogen (secondary N) is 1. The van der Waals surface area contributed by atoms with Crippen molar-refractivity contribution in [1.29, 1.82) is 5.26 Å². The summed E-state index contributed by atoms with van der Waals surface area (Å²) in [6, 6.07) is 2.18. The number of carboxylic acid groups (broad SMARTS) is 1. The van der Waals surface area contributed by atoms with Gasteiger partial charge >= 0.3 is 6.09 Å². The molecule has 1 fully saturated rings. The average molecular weight is 297 g/mol. The molecule has 2 heterocycles. The average Bonchev–Trinajstić information content (AvgIpc) is 2.43. The molecule has 0 spiro atoms. The van der Waals surface area contributed by atoms with Gasteiger partial charge in [0.1, 0.15) is 5.54 Å². The van der Waals surface area contributed by atoms with E-state index in [4.69, 9.17) is 22.4 Å². The number of nitriles is 1. The largest absolute Gasteiger partial charge is 0.465 e. The Morgan fingerprint density at radius 2 is 2.25 bits per heavy atom. The van der Waals surface area contributed by atoms with Gasteiger partial charge in [-0.25, -0.2) is 9.78 Å². The third kappa shape index (κ3) is 2.83. The highest BCUT2D eigenvalue weighted by atomic mass is 35.5. The third-order valence-electron chi connectivity index (χ3n) is 3.25. The Balaban J connectivity index is 2.16. The Labute approximate surface area is 120 Å². The van der Waals surface area contributed by atoms with Crippen LogP contribution in [0.2, 0.25) is 5.28 Å². The van der Waals surface area contributed by atoms with Gasteiger partial charge in [0.05, 0.1) is 18.0 Å². The topological polar surface area (TPSA) is 128 Å². The number of hydrogen-bond acceptors (Lipinski definition) is 6. The van der Waals surface area contributed by atoms with Crippen molar-refractivity contribution in [3.63, 3.8) is 0 Å². The number of halogens is 1. The van der Waals surface area contributed by atoms with E-state index in [9.17, 15) is 10.1 Å². The first-order valence-electron chi connectivity index (χ1n) is 5.91. The SMILES string of the molecule is N#CC1(Nc2nc(Cl)ncc2N)CCN(C(=O)O)CC1. The highest BCUT2D eigenvalue weighted by Crippen LogP contribution is 2.28. The van der Waals surface area contributed by atoms with Crippen LogP contribution in [0.15, 0.2) is 6.20 Å². The molecule has 0 saturated carbocycles. The zero-order valence-corrected chi connectivity index (χ0v) is 11.3. The molecule has 1 saturated heterocycles. The van der Waals surface area contributed by atoms with Gasteiger partial charge in [-0.2, -0.15) is 10.2 Å². The van der Waals surface area contributed by atoms with Gasteiger partial charge in [-0.05, 0) is 11.6 Å². The lowest BCUT2D eigenvalue weighted by Gasteiger charge is -2.36. The zero-order valence-electron chi connectivity index (χ0n) is 10.5. The second-order valence-corrected chi connectivity index (χ2v) is 4.87. The van der Waals surface area contributed by atoms with Crippen LogP contribution in [-0.4, -0.2) is 44.7 Å². The Hall–Kier alpha value is -2.27. The molecular weight excluding hydrogens is 284 g/mol. The summed E-state index contributed by atoms with van der Waals surface area (Å²) < 4.78 is 0. The van der Waals surface area contributed by atoms with Gasteiger partial charge in [-0.1, -0.05) is 0 Å². The first-order chi connectivity index (χ1) is 9.46. The second-order valence-electron chi connectivity index (χ2n) is 4.53. The van der Waals surface area contributed by atoms with Crippen LogP contribution in [0.4, 0.5) is 16.3 Å². The maximum atomic E-state index is 10.9. The maximum absolute atomic E-state index is 10.9. The molecule has 0 radical (unpaired) electrons. The summed E-state index contributed by atoms with van der Waals surface area (Å²) in [4.78, 5) is 19.8. The van der Waals surface area contributed by atoms with Gasteiger partial charge in [0, 0.05) is 25.9 Å². The van der Waals surface area contributed by atoms with Crippen molar-refractivity contribution in [2.45, 2.75) is 18.4 Å². The Morgan fingerprint density at radius 1 is 1.60 bits per heavy atom. The van der Waals surface area contributed by atoms with Crippen LogP contribution in [0.5, 0.6) is 0 Å². The van der Waals surface area contributed by atoms with E-state index in [2.05, 4.69) is 21.4 Å². The number of anilines is 2. The number of hydrogen-bond donors (Lipinski definition) is 3. The summed E-state index contributed by atoms with van der Waals surface area (Å²) in [6.45, 7) is 0.545. The Morgan fingerprint density at radius 3 is 2.80 bits per heavy atom. The molecule has 1 amide bonds. The Kier molecular flexibility index (Phi) is 3.81. The van der Waals surface area contributed by atoms with Crippen molar-refractivity contribution < 1.29 is 9.90 Å². The van der Waals surface area contributed by atoms with E-state index in [1.54, 1.807) is 0 Å². The van der Waals surface area contributed by atoms with Gasteiger partial charge in [-0.3, -0.25) is 0 Å². The van der Waals surface area contributed by atoms with Gasteiger partial charge in [0.15, 0.2) is 5.82 Å². The predicted octanol–water partition coefficient (Wildman–Crippen LogP) is 1.16. The van der Waals surface area contributed by atoms with Crippen molar-refractivity contribution in [3.05, 3.63) is 11.5 Å². The standard InChI is InChI=1S/C11H13ClN6O2/c12-9-15-5-7(14)8(16-9)17-11(6-13)1-3-18(4-2-11)10(19)20/h5H,1-4,14H2,(H,19,20)(H,15,16,17). The fourth-order valence-electron chi connectivity index (χ4n) is 2.04. The first kappa shape index (κ1) is 14.1. The van der Waals surface area contributed by atoms with E-state index >= 15 is 0 Å². The maximum Gasteiger partial charge on any atom is 0.407 e. The minimum atomic E-state index is -0.985. The summed E-state index contributed by atoms with van der Waals surface area (Å²) in [6.07, 6.45) is 1.06. The number of rotatable bonds is 2. The summed E-state index contributed by atoms with van der Waals surface area (Å²) in [5.41, 5.74) is 5.11. The summed E-state index contributed by atoms with van der Waals surface area (Å²) in [5, 5.41) is 21.3. The van der Waals surface area contributed by atoms with Gasteiger partial charge in [-0.15, -0.1) is 0 Å². The number of piperidine rings is 1. The number of nitrogen functional groups attached to an aromatic ring is 1. The lowest BCUT2D eigenvalue weighted by Crippen LogP contribution is -2.50. The number of nitrogens with zero attached hydrogens (tertiary/aromatic N) is 4. The highest BCUT2D eigenvalue weighted by molar-refractivity contribution is 6.28. The molecule has 1 aromatic rings. The van der Waals surface area contributed by atoms with E-state index in [1.165, 1.54) is 11.1 Å². The van der Waals surface area contributed by atoms with Crippen LogP contribution in [0.3, 0.4) is 0 Å². The molecular formula is C11H13ClN6O2. The molecule has 0 aromatic carbocycles. The van der Waals surface area contributed by atoms with E-state index in [-0.39, 0.29) is 29.9 Å². The van der Waals surface area contributed by atoms with Crippen molar-refractivity contribution in [1.82, 2.24) is 14.9 Å². The molecule has 2 rings (SSSR count).